The lowest BCUT2D eigenvalue weighted by atomic mass is 10.1. The number of aromatic nitrogens is 1. The number of pyridine rings is 1. The first-order valence-corrected chi connectivity index (χ1v) is 13.2. The summed E-state index contributed by atoms with van der Waals surface area (Å²) in [6, 6.07) is 13.0. The van der Waals surface area contributed by atoms with Gasteiger partial charge in [0.1, 0.15) is 34.7 Å². The Morgan fingerprint density at radius 1 is 0.955 bits per heavy atom. The molecule has 1 aliphatic heterocycles. The van der Waals surface area contributed by atoms with E-state index in [2.05, 4.69) is 9.98 Å². The molecule has 226 valence electrons. The zero-order chi connectivity index (χ0) is 31.7. The molecule has 4 aromatic rings. The fourth-order valence-corrected chi connectivity index (χ4v) is 4.60. The molecule has 0 saturated heterocycles. The van der Waals surface area contributed by atoms with E-state index in [1.54, 1.807) is 18.2 Å². The quantitative estimate of drug-likeness (QED) is 0.138. The highest BCUT2D eigenvalue weighted by Crippen LogP contribution is 2.41. The number of aryl methyl sites for hydroxylation is 2. The molecular weight excluding hydrogens is 576 g/mol. The largest absolute Gasteiger partial charge is 0.507 e. The summed E-state index contributed by atoms with van der Waals surface area (Å²) in [6.07, 6.45) is 0. The van der Waals surface area contributed by atoms with Crippen molar-refractivity contribution in [3.8, 4) is 40.5 Å². The molecule has 0 fully saturated rings. The van der Waals surface area contributed by atoms with Gasteiger partial charge in [0.15, 0.2) is 0 Å². The molecule has 0 unspecified atom stereocenters. The molecule has 44 heavy (non-hydrogen) atoms. The predicted octanol–water partition coefficient (Wildman–Crippen LogP) is 5.73. The van der Waals surface area contributed by atoms with Crippen molar-refractivity contribution in [2.45, 2.75) is 13.8 Å². The van der Waals surface area contributed by atoms with Crippen LogP contribution in [0.2, 0.25) is 0 Å². The predicted molar refractivity (Wildman–Crippen MR) is 157 cm³/mol. The van der Waals surface area contributed by atoms with Gasteiger partial charge in [0.25, 0.3) is 11.8 Å². The maximum atomic E-state index is 16.0. The summed E-state index contributed by atoms with van der Waals surface area (Å²) in [5.41, 5.74) is 6.73. The second kappa shape index (κ2) is 11.9. The van der Waals surface area contributed by atoms with Crippen molar-refractivity contribution in [2.24, 2.45) is 10.7 Å². The summed E-state index contributed by atoms with van der Waals surface area (Å²) in [4.78, 5) is 21.9. The second-order valence-electron chi connectivity index (χ2n) is 9.98. The van der Waals surface area contributed by atoms with E-state index in [9.17, 15) is 15.0 Å². The zero-order valence-corrected chi connectivity index (χ0v) is 23.8. The fourth-order valence-electron chi connectivity index (χ4n) is 4.60. The van der Waals surface area contributed by atoms with E-state index in [1.807, 2.05) is 18.0 Å². The first-order chi connectivity index (χ1) is 20.9. The highest BCUT2D eigenvalue weighted by atomic mass is 19.1. The monoisotopic (exact) mass is 603 g/mol. The Labute approximate surface area is 250 Å². The summed E-state index contributed by atoms with van der Waals surface area (Å²) < 4.78 is 49.0. The first kappa shape index (κ1) is 29.8. The second-order valence-corrected chi connectivity index (χ2v) is 9.98. The number of halogens is 2. The van der Waals surface area contributed by atoms with Gasteiger partial charge >= 0.3 is 5.97 Å². The van der Waals surface area contributed by atoms with Crippen molar-refractivity contribution in [3.05, 3.63) is 94.0 Å². The van der Waals surface area contributed by atoms with Crippen LogP contribution in [0.5, 0.6) is 40.5 Å². The van der Waals surface area contributed by atoms with Crippen LogP contribution in [0.25, 0.3) is 0 Å². The lowest BCUT2D eigenvalue weighted by Gasteiger charge is -2.18. The van der Waals surface area contributed by atoms with Crippen LogP contribution in [-0.4, -0.2) is 57.9 Å². The molecule has 3 aromatic carbocycles. The molecule has 0 radical (unpaired) electrons. The fraction of sp³-hybridized carbons (Fsp3) is 0.161. The van der Waals surface area contributed by atoms with Crippen molar-refractivity contribution in [2.75, 3.05) is 20.1 Å². The average Bonchev–Trinajstić information content (AvgIpc) is 3.41. The van der Waals surface area contributed by atoms with Gasteiger partial charge in [-0.2, -0.15) is 13.8 Å². The Morgan fingerprint density at radius 2 is 1.59 bits per heavy atom. The molecule has 5 rings (SSSR count). The number of nitrogens with zero attached hydrogens (tertiary/aromatic N) is 3. The number of carboxylic acid groups (broad SMARTS) is 1. The number of nitrogen functional groups attached to an aromatic ring is 1. The highest BCUT2D eigenvalue weighted by Gasteiger charge is 2.28. The normalized spacial score (nSPS) is 12.6. The Kier molecular flexibility index (Phi) is 8.03. The molecule has 0 amide bonds. The van der Waals surface area contributed by atoms with Gasteiger partial charge in [0.2, 0.25) is 17.4 Å². The molecule has 11 nitrogen and oxygen atoms in total. The topological polar surface area (TPSA) is 164 Å². The number of benzene rings is 3. The van der Waals surface area contributed by atoms with Crippen LogP contribution < -0.4 is 19.9 Å². The van der Waals surface area contributed by atoms with Crippen LogP contribution in [0.3, 0.4) is 0 Å². The Morgan fingerprint density at radius 3 is 2.16 bits per heavy atom. The number of rotatable bonds is 9. The molecule has 5 N–H and O–H groups in total. The number of amidine groups is 2. The number of hydrogen-bond acceptors (Lipinski definition) is 9. The minimum absolute atomic E-state index is 0.0173. The molecular formula is C31H27F2N5O6. The van der Waals surface area contributed by atoms with Gasteiger partial charge in [0, 0.05) is 19.2 Å². The van der Waals surface area contributed by atoms with Gasteiger partial charge < -0.3 is 35.1 Å². The van der Waals surface area contributed by atoms with Gasteiger partial charge in [-0.15, -0.1) is 0 Å². The zero-order valence-electron chi connectivity index (χ0n) is 23.8. The van der Waals surface area contributed by atoms with Crippen LogP contribution in [0.15, 0.2) is 59.6 Å². The third-order valence-corrected chi connectivity index (χ3v) is 6.73. The summed E-state index contributed by atoms with van der Waals surface area (Å²) in [6.45, 7) is 4.44. The van der Waals surface area contributed by atoms with Crippen molar-refractivity contribution in [3.63, 3.8) is 0 Å². The van der Waals surface area contributed by atoms with E-state index in [0.717, 1.165) is 12.4 Å². The number of nitrogens with one attached hydrogen (secondary N) is 1. The minimum atomic E-state index is -1.33. The SMILES string of the molecule is Cc1cc(C(=O)O)cc(C)c1Oc1c(F)c(Oc2cccc(C3=NCCN3C)c2)nc(Oc2ccc(O)c(C(=N)N)c2)c1F. The van der Waals surface area contributed by atoms with Crippen molar-refractivity contribution in [1.29, 1.82) is 5.41 Å². The van der Waals surface area contributed by atoms with E-state index in [0.29, 0.717) is 23.2 Å². The van der Waals surface area contributed by atoms with Crippen molar-refractivity contribution >= 4 is 17.6 Å². The maximum Gasteiger partial charge on any atom is 0.335 e. The molecule has 0 atom stereocenters. The van der Waals surface area contributed by atoms with Gasteiger partial charge in [-0.25, -0.2) is 4.79 Å². The number of nitrogens with two attached hydrogens (primary N) is 1. The third-order valence-electron chi connectivity index (χ3n) is 6.73. The Hall–Kier alpha value is -5.72. The summed E-state index contributed by atoms with van der Waals surface area (Å²) in [7, 11) is 1.89. The lowest BCUT2D eigenvalue weighted by molar-refractivity contribution is 0.0696. The van der Waals surface area contributed by atoms with Gasteiger partial charge in [0.05, 0.1) is 17.7 Å². The van der Waals surface area contributed by atoms with Crippen LogP contribution in [-0.2, 0) is 0 Å². The number of phenolic OH excluding ortho intramolecular Hbond substituents is 1. The number of hydrogen-bond donors (Lipinski definition) is 4. The number of carbonyl (C=O) groups is 1. The minimum Gasteiger partial charge on any atom is -0.507 e. The number of likely N-dealkylation sites (N-methyl/N-ethyl adjacent to an activating group) is 1. The Bertz CT molecular complexity index is 1820. The summed E-state index contributed by atoms with van der Waals surface area (Å²) in [5, 5.41) is 27.0. The number of aromatic hydroxyl groups is 1. The van der Waals surface area contributed by atoms with Crippen LogP contribution >= 0.6 is 0 Å². The standard InChI is InChI=1S/C31H27F2N5O6/c1-15-11-18(31(40)41)12-16(2)25(15)44-26-23(32)29(42-19-6-4-5-17(13-19)28-36-9-10-38(28)3)37-30(24(26)33)43-20-7-8-22(39)21(14-20)27(34)35/h4-8,11-14,39H,9-10H2,1-3H3,(H3,34,35)(H,40,41). The number of aliphatic imine (C=N–C) groups is 1. The molecule has 0 saturated carbocycles. The molecule has 2 heterocycles. The third kappa shape index (κ3) is 5.93. The number of carboxylic acids is 1. The van der Waals surface area contributed by atoms with Crippen LogP contribution in [0.4, 0.5) is 8.78 Å². The molecule has 1 aromatic heterocycles. The van der Waals surface area contributed by atoms with E-state index in [4.69, 9.17) is 25.4 Å². The number of phenols is 1. The molecule has 0 bridgehead atoms. The van der Waals surface area contributed by atoms with Gasteiger partial charge in [-0.05, 0) is 67.4 Å². The van der Waals surface area contributed by atoms with Crippen molar-refractivity contribution in [1.82, 2.24) is 9.88 Å². The lowest BCUT2D eigenvalue weighted by Crippen LogP contribution is -2.23. The molecule has 13 heteroatoms. The summed E-state index contributed by atoms with van der Waals surface area (Å²) in [5.74, 6) is -6.08. The number of ether oxygens (including phenoxy) is 3. The summed E-state index contributed by atoms with van der Waals surface area (Å²) >= 11 is 0. The molecule has 0 aliphatic carbocycles. The Balaban J connectivity index is 1.60. The van der Waals surface area contributed by atoms with E-state index < -0.39 is 40.9 Å². The van der Waals surface area contributed by atoms with Gasteiger partial charge in [-0.1, -0.05) is 12.1 Å². The van der Waals surface area contributed by atoms with Crippen LogP contribution in [0.1, 0.15) is 32.6 Å². The van der Waals surface area contributed by atoms with Gasteiger partial charge in [-0.3, -0.25) is 10.4 Å². The average molecular weight is 604 g/mol. The number of aromatic carboxylic acids is 1. The molecule has 1 aliphatic rings. The van der Waals surface area contributed by atoms with E-state index in [-0.39, 0.29) is 34.1 Å². The van der Waals surface area contributed by atoms with E-state index >= 15 is 8.78 Å². The maximum absolute atomic E-state index is 16.0. The van der Waals surface area contributed by atoms with E-state index in [1.165, 1.54) is 44.2 Å². The first-order valence-electron chi connectivity index (χ1n) is 13.2. The smallest absolute Gasteiger partial charge is 0.335 e. The van der Waals surface area contributed by atoms with Crippen LogP contribution in [0, 0.1) is 30.9 Å². The molecule has 0 spiro atoms. The van der Waals surface area contributed by atoms with Crippen molar-refractivity contribution < 1.29 is 38.0 Å². The highest BCUT2D eigenvalue weighted by molar-refractivity contribution is 6.00.